The van der Waals surface area contributed by atoms with E-state index in [1.165, 1.54) is 14.2 Å². The number of fused-ring (bicyclic) bond motifs is 3. The maximum atomic E-state index is 13.5. The highest BCUT2D eigenvalue weighted by molar-refractivity contribution is 6.05. The second kappa shape index (κ2) is 6.97. The summed E-state index contributed by atoms with van der Waals surface area (Å²) in [4.78, 5) is 38.8. The van der Waals surface area contributed by atoms with E-state index in [-0.39, 0.29) is 42.0 Å². The van der Waals surface area contributed by atoms with Crippen LogP contribution in [0.15, 0.2) is 12.2 Å². The molecule has 0 unspecified atom stereocenters. The molecule has 0 radical (unpaired) electrons. The van der Waals surface area contributed by atoms with Gasteiger partial charge < -0.3 is 14.2 Å². The first-order valence-corrected chi connectivity index (χ1v) is 10.0. The van der Waals surface area contributed by atoms with E-state index in [1.54, 1.807) is 7.11 Å². The number of esters is 2. The molecule has 0 aliphatic heterocycles. The van der Waals surface area contributed by atoms with E-state index in [4.69, 9.17) is 14.2 Å². The van der Waals surface area contributed by atoms with Crippen molar-refractivity contribution in [2.24, 2.45) is 34.0 Å². The molecule has 0 heterocycles. The van der Waals surface area contributed by atoms with Gasteiger partial charge in [0.2, 0.25) is 0 Å². The van der Waals surface area contributed by atoms with E-state index in [1.807, 2.05) is 6.92 Å². The Morgan fingerprint density at radius 2 is 1.71 bits per heavy atom. The quantitative estimate of drug-likeness (QED) is 0.417. The third kappa shape index (κ3) is 2.75. The molecule has 28 heavy (non-hydrogen) atoms. The van der Waals surface area contributed by atoms with Crippen LogP contribution in [0.1, 0.15) is 46.5 Å². The molecule has 3 rings (SSSR count). The van der Waals surface area contributed by atoms with Crippen LogP contribution >= 0.6 is 0 Å². The van der Waals surface area contributed by atoms with E-state index in [0.717, 1.165) is 12.8 Å². The number of carbonyl (C=O) groups excluding carboxylic acids is 3. The molecule has 2 saturated carbocycles. The number of hydrogen-bond acceptors (Lipinski definition) is 6. The van der Waals surface area contributed by atoms with Gasteiger partial charge in [-0.25, -0.2) is 0 Å². The van der Waals surface area contributed by atoms with E-state index in [2.05, 4.69) is 26.0 Å². The van der Waals surface area contributed by atoms with E-state index in [9.17, 15) is 14.4 Å². The van der Waals surface area contributed by atoms with Crippen molar-refractivity contribution < 1.29 is 28.6 Å². The molecule has 2 fully saturated rings. The Labute approximate surface area is 167 Å². The second-order valence-corrected chi connectivity index (χ2v) is 9.39. The molecule has 0 spiro atoms. The molecule has 6 nitrogen and oxygen atoms in total. The summed E-state index contributed by atoms with van der Waals surface area (Å²) >= 11 is 0. The molecule has 0 aromatic heterocycles. The van der Waals surface area contributed by atoms with Crippen molar-refractivity contribution in [1.82, 2.24) is 0 Å². The second-order valence-electron chi connectivity index (χ2n) is 9.39. The Morgan fingerprint density at radius 3 is 2.25 bits per heavy atom. The normalized spacial score (nSPS) is 41.6. The number of carbonyl (C=O) groups is 3. The smallest absolute Gasteiger partial charge is 0.323 e. The summed E-state index contributed by atoms with van der Waals surface area (Å²) in [5, 5.41) is 0. The molecule has 3 aliphatic rings. The van der Waals surface area contributed by atoms with Gasteiger partial charge in [0, 0.05) is 19.4 Å². The Kier molecular flexibility index (Phi) is 5.24. The first-order chi connectivity index (χ1) is 13.1. The number of rotatable bonds is 3. The zero-order valence-corrected chi connectivity index (χ0v) is 17.7. The SMILES string of the molecule is COC(=O)C1(C(=O)OC)CC(=O)[C@H]2[C@@]3(C)CC[C@H](OC)[C@@H](C)[C@@H]3C=C[C@]2(C)C1. The Balaban J connectivity index is 2.08. The largest absolute Gasteiger partial charge is 0.468 e. The van der Waals surface area contributed by atoms with Crippen molar-refractivity contribution in [3.63, 3.8) is 0 Å². The minimum atomic E-state index is -1.57. The lowest BCUT2D eigenvalue weighted by Crippen LogP contribution is -2.61. The van der Waals surface area contributed by atoms with Gasteiger partial charge in [0.25, 0.3) is 0 Å². The highest BCUT2D eigenvalue weighted by Crippen LogP contribution is 2.64. The topological polar surface area (TPSA) is 78.9 Å². The Morgan fingerprint density at radius 1 is 1.11 bits per heavy atom. The molecule has 0 aromatic carbocycles. The number of hydrogen-bond donors (Lipinski definition) is 0. The van der Waals surface area contributed by atoms with E-state index in [0.29, 0.717) is 5.92 Å². The van der Waals surface area contributed by atoms with E-state index >= 15 is 0 Å². The molecule has 0 amide bonds. The third-order valence-electron chi connectivity index (χ3n) is 7.82. The number of allylic oxidation sites excluding steroid dienone is 2. The minimum absolute atomic E-state index is 0.0514. The van der Waals surface area contributed by atoms with Crippen molar-refractivity contribution in [2.45, 2.75) is 52.6 Å². The standard InChI is InChI=1S/C22H32O6/c1-13-14-7-9-20(2)12-22(18(24)27-5,19(25)28-6)11-15(23)17(20)21(14,3)10-8-16(13)26-4/h7,9,13-14,16-17H,8,10-12H2,1-6H3/t13-,14-,16-,17+,20+,21-/m0/s1. The molecule has 6 heteroatoms. The van der Waals surface area contributed by atoms with Gasteiger partial charge in [-0.15, -0.1) is 0 Å². The summed E-state index contributed by atoms with van der Waals surface area (Å²) in [6.07, 6.45) is 6.25. The molecule has 3 aliphatic carbocycles. The predicted molar refractivity (Wildman–Crippen MR) is 102 cm³/mol. The van der Waals surface area contributed by atoms with Crippen LogP contribution in [-0.4, -0.2) is 45.2 Å². The average Bonchev–Trinajstić information content (AvgIpc) is 2.65. The summed E-state index contributed by atoms with van der Waals surface area (Å²) in [6.45, 7) is 6.36. The minimum Gasteiger partial charge on any atom is -0.468 e. The number of Topliss-reactive ketones (excluding diaryl/α,β-unsaturated/α-hetero) is 1. The van der Waals surface area contributed by atoms with Crippen LogP contribution in [0.3, 0.4) is 0 Å². The van der Waals surface area contributed by atoms with Gasteiger partial charge >= 0.3 is 11.9 Å². The molecular weight excluding hydrogens is 360 g/mol. The third-order valence-corrected chi connectivity index (χ3v) is 7.82. The van der Waals surface area contributed by atoms with Gasteiger partial charge in [-0.05, 0) is 41.9 Å². The highest BCUT2D eigenvalue weighted by Gasteiger charge is 2.66. The first-order valence-electron chi connectivity index (χ1n) is 10.0. The lowest BCUT2D eigenvalue weighted by molar-refractivity contribution is -0.185. The maximum Gasteiger partial charge on any atom is 0.323 e. The fraction of sp³-hybridized carbons (Fsp3) is 0.773. The molecule has 156 valence electrons. The average molecular weight is 392 g/mol. The molecule has 0 saturated heterocycles. The van der Waals surface area contributed by atoms with Gasteiger partial charge in [0.1, 0.15) is 5.78 Å². The fourth-order valence-corrected chi connectivity index (χ4v) is 6.72. The molecule has 6 atom stereocenters. The van der Waals surface area contributed by atoms with Crippen LogP contribution < -0.4 is 0 Å². The van der Waals surface area contributed by atoms with Crippen LogP contribution in [0.4, 0.5) is 0 Å². The fourth-order valence-electron chi connectivity index (χ4n) is 6.72. The van der Waals surface area contributed by atoms with Crippen molar-refractivity contribution in [3.05, 3.63) is 12.2 Å². The van der Waals surface area contributed by atoms with Crippen LogP contribution in [0, 0.1) is 34.0 Å². The summed E-state index contributed by atoms with van der Waals surface area (Å²) in [5.41, 5.74) is -2.41. The van der Waals surface area contributed by atoms with Crippen molar-refractivity contribution in [2.75, 3.05) is 21.3 Å². The van der Waals surface area contributed by atoms with Gasteiger partial charge in [-0.3, -0.25) is 14.4 Å². The lowest BCUT2D eigenvalue weighted by atomic mass is 9.43. The van der Waals surface area contributed by atoms with Gasteiger partial charge in [-0.1, -0.05) is 32.9 Å². The predicted octanol–water partition coefficient (Wildman–Crippen LogP) is 2.94. The molecule has 0 bridgehead atoms. The number of ether oxygens (including phenoxy) is 3. The first kappa shape index (κ1) is 21.0. The van der Waals surface area contributed by atoms with Crippen LogP contribution in [-0.2, 0) is 28.6 Å². The zero-order valence-electron chi connectivity index (χ0n) is 17.7. The maximum absolute atomic E-state index is 13.5. The van der Waals surface area contributed by atoms with E-state index < -0.39 is 22.8 Å². The lowest BCUT2D eigenvalue weighted by Gasteiger charge is -2.60. The number of methoxy groups -OCH3 is 3. The monoisotopic (exact) mass is 392 g/mol. The summed E-state index contributed by atoms with van der Waals surface area (Å²) in [7, 11) is 4.23. The van der Waals surface area contributed by atoms with Crippen molar-refractivity contribution in [3.8, 4) is 0 Å². The van der Waals surface area contributed by atoms with Gasteiger partial charge in [0.15, 0.2) is 5.41 Å². The summed E-state index contributed by atoms with van der Waals surface area (Å²) < 4.78 is 15.5. The molecule has 0 aromatic rings. The van der Waals surface area contributed by atoms with Crippen molar-refractivity contribution >= 4 is 17.7 Å². The number of ketones is 1. The molecule has 0 N–H and O–H groups in total. The van der Waals surface area contributed by atoms with Crippen LogP contribution in [0.25, 0.3) is 0 Å². The molecular formula is C22H32O6. The van der Waals surface area contributed by atoms with Gasteiger partial charge in [-0.2, -0.15) is 0 Å². The van der Waals surface area contributed by atoms with Crippen molar-refractivity contribution in [1.29, 1.82) is 0 Å². The van der Waals surface area contributed by atoms with Crippen LogP contribution in [0.2, 0.25) is 0 Å². The summed E-state index contributed by atoms with van der Waals surface area (Å²) in [5.74, 6) is -1.17. The Bertz CT molecular complexity index is 696. The van der Waals surface area contributed by atoms with Gasteiger partial charge in [0.05, 0.1) is 20.3 Å². The highest BCUT2D eigenvalue weighted by atomic mass is 16.5. The Hall–Kier alpha value is -1.69. The summed E-state index contributed by atoms with van der Waals surface area (Å²) in [6, 6.07) is 0. The van der Waals surface area contributed by atoms with Crippen LogP contribution in [0.5, 0.6) is 0 Å². The zero-order chi connectivity index (χ0) is 20.9.